The summed E-state index contributed by atoms with van der Waals surface area (Å²) in [5, 5.41) is 0. The minimum atomic E-state index is -0.748. The number of esters is 2. The second-order valence-corrected chi connectivity index (χ2v) is 9.46. The molecule has 0 amide bonds. The molecule has 0 aliphatic carbocycles. The van der Waals surface area contributed by atoms with E-state index in [-0.39, 0.29) is 11.1 Å². The maximum atomic E-state index is 13.7. The molecular weight excluding hydrogens is 490 g/mol. The number of hydrogen-bond acceptors (Lipinski definition) is 8. The Bertz CT molecular complexity index is 1530. The van der Waals surface area contributed by atoms with Crippen molar-refractivity contribution in [3.63, 3.8) is 0 Å². The predicted molar refractivity (Wildman–Crippen MR) is 144 cm³/mol. The van der Waals surface area contributed by atoms with Gasteiger partial charge in [-0.05, 0) is 62.2 Å². The maximum Gasteiger partial charge on any atom is 0.338 e. The lowest BCUT2D eigenvalue weighted by atomic mass is 9.95. The summed E-state index contributed by atoms with van der Waals surface area (Å²) >= 11 is 1.27. The Labute approximate surface area is 218 Å². The van der Waals surface area contributed by atoms with Crippen molar-refractivity contribution in [1.82, 2.24) is 4.57 Å². The van der Waals surface area contributed by atoms with Crippen LogP contribution in [-0.2, 0) is 14.3 Å². The lowest BCUT2D eigenvalue weighted by Crippen LogP contribution is -2.39. The van der Waals surface area contributed by atoms with Crippen LogP contribution in [0.25, 0.3) is 6.08 Å². The van der Waals surface area contributed by atoms with Crippen LogP contribution in [0.2, 0.25) is 0 Å². The molecule has 2 aromatic carbocycles. The highest BCUT2D eigenvalue weighted by Crippen LogP contribution is 2.30. The predicted octanol–water partition coefficient (Wildman–Crippen LogP) is 3.04. The highest BCUT2D eigenvalue weighted by Gasteiger charge is 2.33. The van der Waals surface area contributed by atoms with E-state index in [1.165, 1.54) is 30.1 Å². The number of aromatic nitrogens is 1. The van der Waals surface area contributed by atoms with Gasteiger partial charge in [0.25, 0.3) is 5.56 Å². The molecule has 192 valence electrons. The van der Waals surface area contributed by atoms with Gasteiger partial charge in [-0.15, -0.1) is 0 Å². The first-order valence-electron chi connectivity index (χ1n) is 12.0. The minimum absolute atomic E-state index is 0.257. The van der Waals surface area contributed by atoms with Crippen LogP contribution >= 0.6 is 11.3 Å². The zero-order valence-electron chi connectivity index (χ0n) is 21.5. The first kappa shape index (κ1) is 26.1. The summed E-state index contributed by atoms with van der Waals surface area (Å²) in [7, 11) is 2.61. The molecule has 8 nitrogen and oxygen atoms in total. The Morgan fingerprint density at radius 1 is 1.00 bits per heavy atom. The van der Waals surface area contributed by atoms with Gasteiger partial charge in [0.05, 0.1) is 41.6 Å². The van der Waals surface area contributed by atoms with Crippen molar-refractivity contribution >= 4 is 35.0 Å². The van der Waals surface area contributed by atoms with Gasteiger partial charge in [-0.25, -0.2) is 14.6 Å². The van der Waals surface area contributed by atoms with Gasteiger partial charge in [0.2, 0.25) is 0 Å². The summed E-state index contributed by atoms with van der Waals surface area (Å²) in [6, 6.07) is 13.9. The summed E-state index contributed by atoms with van der Waals surface area (Å²) in [5.74, 6) is -1.04. The van der Waals surface area contributed by atoms with Crippen molar-refractivity contribution in [3.8, 4) is 0 Å². The van der Waals surface area contributed by atoms with Crippen LogP contribution in [-0.4, -0.2) is 43.8 Å². The van der Waals surface area contributed by atoms with Gasteiger partial charge in [0.15, 0.2) is 4.80 Å². The monoisotopic (exact) mass is 519 g/mol. The maximum absolute atomic E-state index is 13.7. The van der Waals surface area contributed by atoms with Gasteiger partial charge in [0, 0.05) is 18.8 Å². The molecule has 0 fully saturated rings. The largest absolute Gasteiger partial charge is 0.466 e. The van der Waals surface area contributed by atoms with Gasteiger partial charge in [-0.2, -0.15) is 0 Å². The molecule has 1 aromatic heterocycles. The van der Waals surface area contributed by atoms with E-state index in [1.807, 2.05) is 30.3 Å². The zero-order valence-corrected chi connectivity index (χ0v) is 22.3. The lowest BCUT2D eigenvalue weighted by molar-refractivity contribution is -0.136. The molecule has 2 heterocycles. The number of nitrogens with zero attached hydrogens (tertiary/aromatic N) is 3. The third-order valence-corrected chi connectivity index (χ3v) is 7.38. The van der Waals surface area contributed by atoms with E-state index in [2.05, 4.69) is 23.7 Å². The Kier molecular flexibility index (Phi) is 7.73. The summed E-state index contributed by atoms with van der Waals surface area (Å²) < 4.78 is 11.9. The SMILES string of the molecule is CCN(CC)c1ccc(C=c2sc3n(c2=O)C(c2ccc(C(=O)OC)cc2)C(C(=O)OC)=C(C)N=3)cc1. The number of hydrogen-bond donors (Lipinski definition) is 0. The molecule has 37 heavy (non-hydrogen) atoms. The third-order valence-electron chi connectivity index (χ3n) is 6.39. The summed E-state index contributed by atoms with van der Waals surface area (Å²) in [6.07, 6.45) is 1.84. The fourth-order valence-corrected chi connectivity index (χ4v) is 5.50. The number of fused-ring (bicyclic) bond motifs is 1. The van der Waals surface area contributed by atoms with Crippen LogP contribution in [0.1, 0.15) is 48.3 Å². The second-order valence-electron chi connectivity index (χ2n) is 8.45. The smallest absolute Gasteiger partial charge is 0.338 e. The van der Waals surface area contributed by atoms with E-state index in [1.54, 1.807) is 31.2 Å². The van der Waals surface area contributed by atoms with Gasteiger partial charge in [0.1, 0.15) is 0 Å². The number of allylic oxidation sites excluding steroid dienone is 1. The number of thiazole rings is 1. The zero-order chi connectivity index (χ0) is 26.7. The summed E-state index contributed by atoms with van der Waals surface area (Å²) in [4.78, 5) is 45.7. The third kappa shape index (κ3) is 4.99. The standard InChI is InChI=1S/C28H29N3O5S/c1-6-30(7-2)21-14-8-18(9-15-21)16-22-25(32)31-24(19-10-12-20(13-11-19)26(33)35-4)23(27(34)36-5)17(3)29-28(31)37-22/h8-16,24H,6-7H2,1-5H3. The Morgan fingerprint density at radius 2 is 1.62 bits per heavy atom. The molecule has 9 heteroatoms. The minimum Gasteiger partial charge on any atom is -0.466 e. The molecule has 0 saturated heterocycles. The summed E-state index contributed by atoms with van der Waals surface area (Å²) in [6.45, 7) is 7.78. The quantitative estimate of drug-likeness (QED) is 0.446. The average Bonchev–Trinajstić information content (AvgIpc) is 3.22. The van der Waals surface area contributed by atoms with Crippen LogP contribution in [0.4, 0.5) is 5.69 Å². The molecule has 1 aliphatic rings. The molecule has 3 aromatic rings. The van der Waals surface area contributed by atoms with E-state index in [4.69, 9.17) is 9.47 Å². The lowest BCUT2D eigenvalue weighted by Gasteiger charge is -2.24. The molecule has 0 spiro atoms. The van der Waals surface area contributed by atoms with Crippen LogP contribution in [0.5, 0.6) is 0 Å². The number of methoxy groups -OCH3 is 2. The Balaban J connectivity index is 1.84. The van der Waals surface area contributed by atoms with Crippen LogP contribution in [0.3, 0.4) is 0 Å². The molecule has 4 rings (SSSR count). The number of ether oxygens (including phenoxy) is 2. The van der Waals surface area contributed by atoms with Gasteiger partial charge in [-0.3, -0.25) is 9.36 Å². The molecule has 1 aliphatic heterocycles. The molecule has 1 unspecified atom stereocenters. The molecule has 0 N–H and O–H groups in total. The van der Waals surface area contributed by atoms with Crippen molar-refractivity contribution in [1.29, 1.82) is 0 Å². The van der Waals surface area contributed by atoms with Crippen LogP contribution in [0, 0.1) is 0 Å². The van der Waals surface area contributed by atoms with Gasteiger partial charge >= 0.3 is 11.9 Å². The number of benzene rings is 2. The first-order valence-corrected chi connectivity index (χ1v) is 12.8. The van der Waals surface area contributed by atoms with Gasteiger partial charge < -0.3 is 14.4 Å². The fraction of sp³-hybridized carbons (Fsp3) is 0.286. The van der Waals surface area contributed by atoms with Crippen molar-refractivity contribution in [2.75, 3.05) is 32.2 Å². The molecular formula is C28H29N3O5S. The molecule has 0 bridgehead atoms. The highest BCUT2D eigenvalue weighted by atomic mass is 32.1. The van der Waals surface area contributed by atoms with Crippen molar-refractivity contribution in [2.45, 2.75) is 26.8 Å². The average molecular weight is 520 g/mol. The number of carbonyl (C=O) groups excluding carboxylic acids is 2. The van der Waals surface area contributed by atoms with E-state index in [0.29, 0.717) is 26.2 Å². The van der Waals surface area contributed by atoms with Crippen LogP contribution in [0.15, 0.2) is 69.6 Å². The normalized spacial score (nSPS) is 15.2. The van der Waals surface area contributed by atoms with Crippen LogP contribution < -0.4 is 19.8 Å². The molecule has 0 saturated carbocycles. The van der Waals surface area contributed by atoms with Crippen molar-refractivity contribution in [3.05, 3.63) is 96.2 Å². The fourth-order valence-electron chi connectivity index (χ4n) is 4.45. The Hall–Kier alpha value is -3.98. The second kappa shape index (κ2) is 11.0. The number of carbonyl (C=O) groups is 2. The van der Waals surface area contributed by atoms with E-state index < -0.39 is 18.0 Å². The molecule has 0 radical (unpaired) electrons. The first-order chi connectivity index (χ1) is 17.8. The number of rotatable bonds is 7. The van der Waals surface area contributed by atoms with Crippen molar-refractivity contribution in [2.24, 2.45) is 4.99 Å². The molecule has 1 atom stereocenters. The van der Waals surface area contributed by atoms with E-state index in [0.717, 1.165) is 24.3 Å². The van der Waals surface area contributed by atoms with E-state index in [9.17, 15) is 14.4 Å². The Morgan fingerprint density at radius 3 is 2.19 bits per heavy atom. The van der Waals surface area contributed by atoms with E-state index >= 15 is 0 Å². The van der Waals surface area contributed by atoms with Crippen molar-refractivity contribution < 1.29 is 19.1 Å². The highest BCUT2D eigenvalue weighted by molar-refractivity contribution is 7.07. The topological polar surface area (TPSA) is 90.2 Å². The number of anilines is 1. The van der Waals surface area contributed by atoms with Gasteiger partial charge in [-0.1, -0.05) is 35.6 Å². The summed E-state index contributed by atoms with van der Waals surface area (Å²) in [5.41, 5.74) is 3.53.